The van der Waals surface area contributed by atoms with E-state index in [0.717, 1.165) is 47.0 Å². The first kappa shape index (κ1) is 26.0. The van der Waals surface area contributed by atoms with Gasteiger partial charge in [-0.2, -0.15) is 0 Å². The van der Waals surface area contributed by atoms with Crippen LogP contribution in [-0.4, -0.2) is 74.0 Å². The molecular formula is C20H30O11S. The molecule has 1 saturated carbocycles. The highest BCUT2D eigenvalue weighted by atomic mass is 32.2. The van der Waals surface area contributed by atoms with E-state index < -0.39 is 75.4 Å². The molecule has 0 bridgehead atoms. The van der Waals surface area contributed by atoms with Gasteiger partial charge in [0.2, 0.25) is 0 Å². The summed E-state index contributed by atoms with van der Waals surface area (Å²) in [7, 11) is -4.04. The number of carbonyl (C=O) groups excluding carboxylic acids is 4. The highest BCUT2D eigenvalue weighted by molar-refractivity contribution is 7.92. The lowest BCUT2D eigenvalue weighted by molar-refractivity contribution is -0.238. The molecule has 12 heteroatoms. The fourth-order valence-corrected chi connectivity index (χ4v) is 6.29. The Balaban J connectivity index is 2.53. The Morgan fingerprint density at radius 1 is 0.750 bits per heavy atom. The molecule has 182 valence electrons. The fraction of sp³-hybridized carbons (Fsp3) is 0.800. The highest BCUT2D eigenvalue weighted by Crippen LogP contribution is 2.36. The summed E-state index contributed by atoms with van der Waals surface area (Å²) in [6.07, 6.45) is -2.56. The molecule has 0 aromatic carbocycles. The third kappa shape index (κ3) is 6.64. The fourth-order valence-electron chi connectivity index (χ4n) is 4.04. The normalized spacial score (nSPS) is 28.9. The van der Waals surface area contributed by atoms with Crippen LogP contribution in [0.2, 0.25) is 0 Å². The summed E-state index contributed by atoms with van der Waals surface area (Å²) in [5.74, 6) is -3.10. The second-order valence-corrected chi connectivity index (χ2v) is 10.2. The van der Waals surface area contributed by atoms with E-state index in [1.807, 2.05) is 0 Å². The summed E-state index contributed by atoms with van der Waals surface area (Å²) in [6.45, 7) is 3.93. The number of ether oxygens (including phenoxy) is 5. The molecule has 0 N–H and O–H groups in total. The van der Waals surface area contributed by atoms with E-state index in [2.05, 4.69) is 0 Å². The topological polar surface area (TPSA) is 149 Å². The molecule has 11 nitrogen and oxygen atoms in total. The Hall–Kier alpha value is -2.21. The summed E-state index contributed by atoms with van der Waals surface area (Å²) in [6, 6.07) is 0. The van der Waals surface area contributed by atoms with E-state index in [-0.39, 0.29) is 0 Å². The number of carbonyl (C=O) groups is 4. The Bertz CT molecular complexity index is 815. The van der Waals surface area contributed by atoms with Gasteiger partial charge in [-0.05, 0) is 12.8 Å². The molecule has 1 aliphatic heterocycles. The largest absolute Gasteiger partial charge is 0.463 e. The average molecular weight is 479 g/mol. The standard InChI is InChI=1S/C20H30O11S/c1-11(21)27-10-16-17(28-12(2)22)18(29-13(3)23)19(30-14(4)24)20(31-16)32(25,26)15-8-6-5-7-9-15/h15-20H,5-10H2,1-4H3/t16-,17-,18+,19+,20-/m1/s1. The lowest BCUT2D eigenvalue weighted by Gasteiger charge is -2.44. The second-order valence-electron chi connectivity index (χ2n) is 7.92. The second kappa shape index (κ2) is 11.1. The van der Waals surface area contributed by atoms with Crippen molar-refractivity contribution in [1.29, 1.82) is 0 Å². The van der Waals surface area contributed by atoms with Gasteiger partial charge in [0.05, 0.1) is 5.25 Å². The summed E-state index contributed by atoms with van der Waals surface area (Å²) in [5, 5.41) is -0.739. The first-order valence-electron chi connectivity index (χ1n) is 10.5. The molecule has 2 fully saturated rings. The molecule has 2 rings (SSSR count). The summed E-state index contributed by atoms with van der Waals surface area (Å²) < 4.78 is 53.6. The molecule has 0 amide bonds. The van der Waals surface area contributed by atoms with Crippen molar-refractivity contribution in [3.63, 3.8) is 0 Å². The van der Waals surface area contributed by atoms with E-state index in [9.17, 15) is 27.6 Å². The van der Waals surface area contributed by atoms with Crippen molar-refractivity contribution in [3.8, 4) is 0 Å². The number of hydrogen-bond donors (Lipinski definition) is 0. The van der Waals surface area contributed by atoms with Crippen LogP contribution < -0.4 is 0 Å². The zero-order chi connectivity index (χ0) is 24.1. The quantitative estimate of drug-likeness (QED) is 0.378. The maximum Gasteiger partial charge on any atom is 0.303 e. The van der Waals surface area contributed by atoms with Gasteiger partial charge in [0, 0.05) is 27.7 Å². The SMILES string of the molecule is CC(=O)OC[C@H]1O[C@H](S(=O)(=O)C2CCCCC2)[C@@H](OC(C)=O)[C@@H](OC(C)=O)[C@@H]1OC(C)=O. The maximum absolute atomic E-state index is 13.5. The Labute approximate surface area is 187 Å². The lowest BCUT2D eigenvalue weighted by Crippen LogP contribution is -2.64. The average Bonchev–Trinajstić information content (AvgIpc) is 2.69. The van der Waals surface area contributed by atoms with Crippen molar-refractivity contribution in [1.82, 2.24) is 0 Å². The summed E-state index contributed by atoms with van der Waals surface area (Å²) in [5.41, 5.74) is -1.70. The van der Waals surface area contributed by atoms with E-state index in [1.54, 1.807) is 0 Å². The van der Waals surface area contributed by atoms with Gasteiger partial charge in [-0.3, -0.25) is 19.2 Å². The molecule has 0 unspecified atom stereocenters. The van der Waals surface area contributed by atoms with E-state index in [4.69, 9.17) is 23.7 Å². The van der Waals surface area contributed by atoms with Crippen LogP contribution in [0.25, 0.3) is 0 Å². The van der Waals surface area contributed by atoms with Crippen LogP contribution in [-0.2, 0) is 52.7 Å². The molecule has 5 atom stereocenters. The zero-order valence-corrected chi connectivity index (χ0v) is 19.4. The molecule has 32 heavy (non-hydrogen) atoms. The highest BCUT2D eigenvalue weighted by Gasteiger charge is 2.57. The van der Waals surface area contributed by atoms with Gasteiger partial charge in [0.25, 0.3) is 0 Å². The van der Waals surface area contributed by atoms with Crippen molar-refractivity contribution in [2.75, 3.05) is 6.61 Å². The minimum atomic E-state index is -4.04. The maximum atomic E-state index is 13.5. The Morgan fingerprint density at radius 3 is 1.75 bits per heavy atom. The van der Waals surface area contributed by atoms with E-state index in [1.165, 1.54) is 0 Å². The number of rotatable bonds is 7. The van der Waals surface area contributed by atoms with Gasteiger partial charge in [-0.1, -0.05) is 19.3 Å². The van der Waals surface area contributed by atoms with Gasteiger partial charge in [0.15, 0.2) is 33.6 Å². The molecule has 1 saturated heterocycles. The van der Waals surface area contributed by atoms with Gasteiger partial charge in [-0.25, -0.2) is 8.42 Å². The van der Waals surface area contributed by atoms with Crippen molar-refractivity contribution >= 4 is 33.7 Å². The predicted molar refractivity (Wildman–Crippen MR) is 108 cm³/mol. The van der Waals surface area contributed by atoms with Crippen LogP contribution in [0.15, 0.2) is 0 Å². The van der Waals surface area contributed by atoms with Crippen LogP contribution in [0.4, 0.5) is 0 Å². The van der Waals surface area contributed by atoms with Crippen LogP contribution in [0.5, 0.6) is 0 Å². The number of hydrogen-bond acceptors (Lipinski definition) is 11. The van der Waals surface area contributed by atoms with Crippen LogP contribution in [0.1, 0.15) is 59.8 Å². The monoisotopic (exact) mass is 478 g/mol. The van der Waals surface area contributed by atoms with Crippen molar-refractivity contribution in [2.24, 2.45) is 0 Å². The minimum absolute atomic E-state index is 0.412. The first-order chi connectivity index (χ1) is 14.9. The third-order valence-electron chi connectivity index (χ3n) is 5.29. The van der Waals surface area contributed by atoms with Crippen LogP contribution >= 0.6 is 0 Å². The van der Waals surface area contributed by atoms with Crippen molar-refractivity contribution in [2.45, 2.75) is 94.9 Å². The number of esters is 4. The first-order valence-corrected chi connectivity index (χ1v) is 12.1. The third-order valence-corrected chi connectivity index (χ3v) is 7.72. The Kier molecular flexibility index (Phi) is 9.02. The molecular weight excluding hydrogens is 448 g/mol. The Morgan fingerprint density at radius 2 is 1.25 bits per heavy atom. The van der Waals surface area contributed by atoms with Crippen molar-refractivity contribution < 1.29 is 51.3 Å². The molecule has 0 radical (unpaired) electrons. The molecule has 0 aromatic heterocycles. The smallest absolute Gasteiger partial charge is 0.303 e. The molecule has 2 aliphatic rings. The lowest BCUT2D eigenvalue weighted by atomic mass is 9.99. The van der Waals surface area contributed by atoms with Gasteiger partial charge >= 0.3 is 23.9 Å². The van der Waals surface area contributed by atoms with E-state index >= 15 is 0 Å². The van der Waals surface area contributed by atoms with Gasteiger partial charge in [0.1, 0.15) is 12.7 Å². The zero-order valence-electron chi connectivity index (χ0n) is 18.6. The van der Waals surface area contributed by atoms with Gasteiger partial charge < -0.3 is 23.7 Å². The molecule has 1 aliphatic carbocycles. The predicted octanol–water partition coefficient (Wildman–Crippen LogP) is 0.817. The van der Waals surface area contributed by atoms with E-state index in [0.29, 0.717) is 12.8 Å². The summed E-state index contributed by atoms with van der Waals surface area (Å²) in [4.78, 5) is 46.7. The van der Waals surface area contributed by atoms with Crippen LogP contribution in [0, 0.1) is 0 Å². The number of sulfone groups is 1. The molecule has 0 aromatic rings. The van der Waals surface area contributed by atoms with Crippen LogP contribution in [0.3, 0.4) is 0 Å². The van der Waals surface area contributed by atoms with Crippen molar-refractivity contribution in [3.05, 3.63) is 0 Å². The molecule has 0 spiro atoms. The summed E-state index contributed by atoms with van der Waals surface area (Å²) >= 11 is 0. The minimum Gasteiger partial charge on any atom is -0.463 e. The molecule has 1 heterocycles. The van der Waals surface area contributed by atoms with Gasteiger partial charge in [-0.15, -0.1) is 0 Å².